The fourth-order valence-electron chi connectivity index (χ4n) is 3.93. The maximum atomic E-state index is 12.4. The normalized spacial score (nSPS) is 17.9. The van der Waals surface area contributed by atoms with E-state index in [1.807, 2.05) is 18.2 Å². The third-order valence-electron chi connectivity index (χ3n) is 5.45. The highest BCUT2D eigenvalue weighted by molar-refractivity contribution is 5.39. The lowest BCUT2D eigenvalue weighted by Crippen LogP contribution is -2.47. The van der Waals surface area contributed by atoms with Gasteiger partial charge in [0.2, 0.25) is 0 Å². The minimum absolute atomic E-state index is 0.0756. The Morgan fingerprint density at radius 1 is 1.04 bits per heavy atom. The minimum atomic E-state index is -0.0756. The van der Waals surface area contributed by atoms with Crippen LogP contribution in [0.1, 0.15) is 11.1 Å². The van der Waals surface area contributed by atoms with E-state index in [4.69, 9.17) is 4.74 Å². The predicted molar refractivity (Wildman–Crippen MR) is 102 cm³/mol. The number of piperazine rings is 1. The zero-order chi connectivity index (χ0) is 18.2. The maximum absolute atomic E-state index is 12.4. The summed E-state index contributed by atoms with van der Waals surface area (Å²) in [5, 5.41) is 4.43. The van der Waals surface area contributed by atoms with Crippen LogP contribution in [0, 0.1) is 0 Å². The number of hydrogen-bond donors (Lipinski definition) is 0. The molecule has 1 fully saturated rings. The van der Waals surface area contributed by atoms with Crippen LogP contribution in [0.15, 0.2) is 47.4 Å². The van der Waals surface area contributed by atoms with Gasteiger partial charge in [-0.1, -0.05) is 18.2 Å². The lowest BCUT2D eigenvalue weighted by molar-refractivity contribution is 0.0975. The van der Waals surface area contributed by atoms with E-state index in [1.165, 1.54) is 11.1 Å². The highest BCUT2D eigenvalue weighted by atomic mass is 16.5. The van der Waals surface area contributed by atoms with Crippen LogP contribution in [0.4, 0.5) is 0 Å². The van der Waals surface area contributed by atoms with E-state index in [0.29, 0.717) is 12.3 Å². The van der Waals surface area contributed by atoms with Crippen LogP contribution in [0.3, 0.4) is 0 Å². The molecule has 140 valence electrons. The summed E-state index contributed by atoms with van der Waals surface area (Å²) in [6, 6.07) is 12.2. The van der Waals surface area contributed by atoms with Gasteiger partial charge >= 0.3 is 5.69 Å². The van der Waals surface area contributed by atoms with Crippen molar-refractivity contribution >= 4 is 5.65 Å². The Labute approximate surface area is 157 Å². The van der Waals surface area contributed by atoms with Crippen molar-refractivity contribution in [2.75, 3.05) is 32.8 Å². The van der Waals surface area contributed by atoms with Crippen LogP contribution in [0.25, 0.3) is 5.65 Å². The molecule has 3 aromatic rings. The summed E-state index contributed by atoms with van der Waals surface area (Å²) in [4.78, 5) is 17.2. The fraction of sp³-hybridized carbons (Fsp3) is 0.400. The molecule has 27 heavy (non-hydrogen) atoms. The molecule has 0 bridgehead atoms. The predicted octanol–water partition coefficient (Wildman–Crippen LogP) is 1.21. The molecule has 0 N–H and O–H groups in total. The number of pyridine rings is 1. The third-order valence-corrected chi connectivity index (χ3v) is 5.45. The molecule has 1 saturated heterocycles. The molecule has 5 rings (SSSR count). The van der Waals surface area contributed by atoms with Crippen molar-refractivity contribution in [3.05, 3.63) is 64.2 Å². The number of fused-ring (bicyclic) bond motifs is 2. The SMILES string of the molecule is O=c1n(CN2CCN(Cc3ccc4c(c3)CCO4)CC2)nc2ccccn12. The molecule has 2 aliphatic heterocycles. The van der Waals surface area contributed by atoms with Crippen molar-refractivity contribution in [1.29, 1.82) is 0 Å². The van der Waals surface area contributed by atoms with Crippen molar-refractivity contribution in [2.24, 2.45) is 0 Å². The zero-order valence-electron chi connectivity index (χ0n) is 15.3. The lowest BCUT2D eigenvalue weighted by atomic mass is 10.1. The molecule has 1 aromatic carbocycles. The van der Waals surface area contributed by atoms with Gasteiger partial charge in [-0.3, -0.25) is 14.2 Å². The third kappa shape index (κ3) is 3.24. The average molecular weight is 365 g/mol. The molecule has 0 spiro atoms. The average Bonchev–Trinajstić information content (AvgIpc) is 3.28. The van der Waals surface area contributed by atoms with Crippen LogP contribution in [0.2, 0.25) is 0 Å². The number of hydrogen-bond acceptors (Lipinski definition) is 5. The van der Waals surface area contributed by atoms with Crippen LogP contribution in [-0.2, 0) is 19.6 Å². The summed E-state index contributed by atoms with van der Waals surface area (Å²) in [6.07, 6.45) is 2.78. The van der Waals surface area contributed by atoms with Crippen LogP contribution in [0.5, 0.6) is 5.75 Å². The second kappa shape index (κ2) is 6.83. The smallest absolute Gasteiger partial charge is 0.351 e. The van der Waals surface area contributed by atoms with Gasteiger partial charge in [-0.2, -0.15) is 4.68 Å². The van der Waals surface area contributed by atoms with Gasteiger partial charge in [-0.25, -0.2) is 4.79 Å². The van der Waals surface area contributed by atoms with Crippen molar-refractivity contribution in [1.82, 2.24) is 24.0 Å². The van der Waals surface area contributed by atoms with Gasteiger partial charge in [0.25, 0.3) is 0 Å². The van der Waals surface area contributed by atoms with E-state index in [1.54, 1.807) is 15.3 Å². The largest absolute Gasteiger partial charge is 0.493 e. The highest BCUT2D eigenvalue weighted by Gasteiger charge is 2.20. The van der Waals surface area contributed by atoms with E-state index < -0.39 is 0 Å². The van der Waals surface area contributed by atoms with Gasteiger partial charge in [0, 0.05) is 45.3 Å². The summed E-state index contributed by atoms with van der Waals surface area (Å²) in [7, 11) is 0. The van der Waals surface area contributed by atoms with Crippen molar-refractivity contribution < 1.29 is 4.74 Å². The number of ether oxygens (including phenoxy) is 1. The molecule has 0 atom stereocenters. The fourth-order valence-corrected chi connectivity index (χ4v) is 3.93. The first-order chi connectivity index (χ1) is 13.3. The molecule has 0 amide bonds. The Hall–Kier alpha value is -2.64. The van der Waals surface area contributed by atoms with E-state index in [-0.39, 0.29) is 5.69 Å². The van der Waals surface area contributed by atoms with Crippen molar-refractivity contribution in [3.8, 4) is 5.75 Å². The minimum Gasteiger partial charge on any atom is -0.493 e. The molecule has 0 radical (unpaired) electrons. The first-order valence-corrected chi connectivity index (χ1v) is 9.50. The summed E-state index contributed by atoms with van der Waals surface area (Å²) in [5.41, 5.74) is 3.30. The van der Waals surface area contributed by atoms with Crippen LogP contribution in [-0.4, -0.2) is 56.8 Å². The molecule has 7 heteroatoms. The quantitative estimate of drug-likeness (QED) is 0.696. The van der Waals surface area contributed by atoms with Crippen molar-refractivity contribution in [3.63, 3.8) is 0 Å². The summed E-state index contributed by atoms with van der Waals surface area (Å²) in [6.45, 7) is 6.19. The number of aromatic nitrogens is 3. The topological polar surface area (TPSA) is 55.0 Å². The highest BCUT2D eigenvalue weighted by Crippen LogP contribution is 2.26. The first-order valence-electron chi connectivity index (χ1n) is 9.50. The molecule has 2 aromatic heterocycles. The van der Waals surface area contributed by atoms with Crippen LogP contribution >= 0.6 is 0 Å². The van der Waals surface area contributed by atoms with Gasteiger partial charge < -0.3 is 4.74 Å². The Morgan fingerprint density at radius 2 is 1.89 bits per heavy atom. The monoisotopic (exact) mass is 365 g/mol. The Bertz CT molecular complexity index is 1020. The van der Waals surface area contributed by atoms with E-state index in [9.17, 15) is 4.79 Å². The van der Waals surface area contributed by atoms with Gasteiger partial charge in [-0.15, -0.1) is 5.10 Å². The van der Waals surface area contributed by atoms with Gasteiger partial charge in [0.1, 0.15) is 5.75 Å². The van der Waals surface area contributed by atoms with E-state index in [0.717, 1.165) is 51.5 Å². The molecule has 0 aliphatic carbocycles. The van der Waals surface area contributed by atoms with E-state index >= 15 is 0 Å². The van der Waals surface area contributed by atoms with Gasteiger partial charge in [0.15, 0.2) is 5.65 Å². The van der Waals surface area contributed by atoms with Crippen LogP contribution < -0.4 is 10.4 Å². The molecule has 4 heterocycles. The van der Waals surface area contributed by atoms with Crippen molar-refractivity contribution in [2.45, 2.75) is 19.6 Å². The first kappa shape index (κ1) is 16.5. The molecular formula is C20H23N5O2. The second-order valence-corrected chi connectivity index (χ2v) is 7.29. The molecule has 2 aliphatic rings. The van der Waals surface area contributed by atoms with Gasteiger partial charge in [0.05, 0.1) is 13.3 Å². The molecule has 7 nitrogen and oxygen atoms in total. The Kier molecular flexibility index (Phi) is 4.18. The second-order valence-electron chi connectivity index (χ2n) is 7.29. The zero-order valence-corrected chi connectivity index (χ0v) is 15.3. The number of rotatable bonds is 4. The lowest BCUT2D eigenvalue weighted by Gasteiger charge is -2.34. The summed E-state index contributed by atoms with van der Waals surface area (Å²) in [5.74, 6) is 1.04. The van der Waals surface area contributed by atoms with E-state index in [2.05, 4.69) is 33.1 Å². The van der Waals surface area contributed by atoms with Gasteiger partial charge in [-0.05, 0) is 29.3 Å². The number of nitrogens with zero attached hydrogens (tertiary/aromatic N) is 5. The summed E-state index contributed by atoms with van der Waals surface area (Å²) >= 11 is 0. The molecule has 0 unspecified atom stereocenters. The molecular weight excluding hydrogens is 342 g/mol. The summed E-state index contributed by atoms with van der Waals surface area (Å²) < 4.78 is 8.74. The number of benzene rings is 1. The Morgan fingerprint density at radius 3 is 2.74 bits per heavy atom. The Balaban J connectivity index is 1.20. The molecule has 0 saturated carbocycles. The standard InChI is InChI=1S/C20H23N5O2/c26-20-24-7-2-1-3-19(24)21-25(20)15-23-10-8-22(9-11-23)14-16-4-5-18-17(13-16)6-12-27-18/h1-5,7,13H,6,8-12,14-15H2. The maximum Gasteiger partial charge on any atom is 0.351 e.